The molecular weight excluding hydrogens is 276 g/mol. The second-order valence-corrected chi connectivity index (χ2v) is 4.84. The predicted octanol–water partition coefficient (Wildman–Crippen LogP) is 2.59. The summed E-state index contributed by atoms with van der Waals surface area (Å²) in [4.78, 5) is 4.18. The number of aliphatic imine (C=N–C) groups is 1. The molecule has 22 heavy (non-hydrogen) atoms. The number of ether oxygens (including phenoxy) is 1. The molecule has 120 valence electrons. The third-order valence-electron chi connectivity index (χ3n) is 2.97. The lowest BCUT2D eigenvalue weighted by Crippen LogP contribution is -2.22. The Morgan fingerprint density at radius 2 is 2.14 bits per heavy atom. The van der Waals surface area contributed by atoms with Crippen LogP contribution in [0.1, 0.15) is 18.9 Å². The highest BCUT2D eigenvalue weighted by Gasteiger charge is 2.06. The summed E-state index contributed by atoms with van der Waals surface area (Å²) in [5, 5.41) is 6.59. The van der Waals surface area contributed by atoms with Crippen LogP contribution in [0.25, 0.3) is 5.70 Å². The first kappa shape index (κ1) is 17.8. The molecular formula is C17H26N4O. The second-order valence-electron chi connectivity index (χ2n) is 4.84. The zero-order chi connectivity index (χ0) is 16.4. The molecule has 0 heterocycles. The van der Waals surface area contributed by atoms with E-state index in [1.54, 1.807) is 20.2 Å². The lowest BCUT2D eigenvalue weighted by Gasteiger charge is -2.15. The van der Waals surface area contributed by atoms with Crippen LogP contribution in [0.2, 0.25) is 0 Å². The standard InChI is InChI=1S/C17H26N4O/c1-5-10-20-16-9-7-6-8-15(16)13(2)21-17(19-3)11-14(18)12-22-4/h6-9,11,20H,2,5,10,12,18H2,1,3-4H3,(H,19,21)/b14-11-. The van der Waals surface area contributed by atoms with Gasteiger partial charge in [-0.25, -0.2) is 0 Å². The van der Waals surface area contributed by atoms with Crippen molar-refractivity contribution >= 4 is 17.2 Å². The van der Waals surface area contributed by atoms with E-state index in [-0.39, 0.29) is 0 Å². The zero-order valence-electron chi connectivity index (χ0n) is 13.6. The molecule has 0 aliphatic heterocycles. The number of anilines is 1. The first-order valence-electron chi connectivity index (χ1n) is 7.33. The lowest BCUT2D eigenvalue weighted by atomic mass is 10.1. The first-order chi connectivity index (χ1) is 10.6. The van der Waals surface area contributed by atoms with Crippen LogP contribution >= 0.6 is 0 Å². The van der Waals surface area contributed by atoms with Gasteiger partial charge >= 0.3 is 0 Å². The summed E-state index contributed by atoms with van der Waals surface area (Å²) < 4.78 is 4.99. The van der Waals surface area contributed by atoms with Crippen LogP contribution in [-0.2, 0) is 4.74 Å². The summed E-state index contributed by atoms with van der Waals surface area (Å²) in [5.74, 6) is 0.643. The number of nitrogens with one attached hydrogen (secondary N) is 2. The summed E-state index contributed by atoms with van der Waals surface area (Å²) in [5.41, 5.74) is 9.26. The van der Waals surface area contributed by atoms with Crippen molar-refractivity contribution in [3.8, 4) is 0 Å². The van der Waals surface area contributed by atoms with Gasteiger partial charge in [0.05, 0.1) is 6.61 Å². The fraction of sp³-hybridized carbons (Fsp3) is 0.353. The second kappa shape index (κ2) is 9.63. The molecule has 0 unspecified atom stereocenters. The molecule has 0 spiro atoms. The third-order valence-corrected chi connectivity index (χ3v) is 2.97. The Labute approximate surface area is 133 Å². The molecule has 0 saturated carbocycles. The molecule has 1 aromatic carbocycles. The molecule has 1 rings (SSSR count). The molecule has 0 fully saturated rings. The van der Waals surface area contributed by atoms with Gasteiger partial charge in [0.25, 0.3) is 0 Å². The molecule has 0 aliphatic carbocycles. The van der Waals surface area contributed by atoms with Gasteiger partial charge in [-0.05, 0) is 12.5 Å². The number of para-hydroxylation sites is 1. The van der Waals surface area contributed by atoms with E-state index in [9.17, 15) is 0 Å². The molecule has 0 bridgehead atoms. The van der Waals surface area contributed by atoms with E-state index in [0.717, 1.165) is 29.9 Å². The van der Waals surface area contributed by atoms with E-state index >= 15 is 0 Å². The third kappa shape index (κ3) is 5.61. The summed E-state index contributed by atoms with van der Waals surface area (Å²) >= 11 is 0. The van der Waals surface area contributed by atoms with E-state index in [1.165, 1.54) is 0 Å². The van der Waals surface area contributed by atoms with Crippen molar-refractivity contribution in [2.75, 3.05) is 32.6 Å². The molecule has 0 saturated heterocycles. The lowest BCUT2D eigenvalue weighted by molar-refractivity contribution is 0.225. The Balaban J connectivity index is 2.86. The van der Waals surface area contributed by atoms with Crippen LogP contribution < -0.4 is 16.4 Å². The highest BCUT2D eigenvalue weighted by Crippen LogP contribution is 2.21. The van der Waals surface area contributed by atoms with Crippen molar-refractivity contribution in [2.45, 2.75) is 13.3 Å². The van der Waals surface area contributed by atoms with Crippen molar-refractivity contribution in [3.63, 3.8) is 0 Å². The molecule has 0 aliphatic rings. The van der Waals surface area contributed by atoms with Gasteiger partial charge in [0, 0.05) is 49.4 Å². The van der Waals surface area contributed by atoms with Crippen LogP contribution in [0.4, 0.5) is 5.69 Å². The number of methoxy groups -OCH3 is 1. The minimum Gasteiger partial charge on any atom is -0.400 e. The Bertz CT molecular complexity index is 549. The summed E-state index contributed by atoms with van der Waals surface area (Å²) in [6.07, 6.45) is 2.81. The average Bonchev–Trinajstić information content (AvgIpc) is 2.52. The summed E-state index contributed by atoms with van der Waals surface area (Å²) in [6.45, 7) is 7.51. The van der Waals surface area contributed by atoms with Gasteiger partial charge < -0.3 is 21.1 Å². The first-order valence-corrected chi connectivity index (χ1v) is 7.33. The minimum atomic E-state index is 0.363. The Morgan fingerprint density at radius 1 is 1.41 bits per heavy atom. The van der Waals surface area contributed by atoms with Crippen LogP contribution in [-0.4, -0.2) is 33.1 Å². The van der Waals surface area contributed by atoms with E-state index in [4.69, 9.17) is 10.5 Å². The number of hydrogen-bond acceptors (Lipinski definition) is 4. The van der Waals surface area contributed by atoms with Crippen LogP contribution in [0, 0.1) is 0 Å². The highest BCUT2D eigenvalue weighted by molar-refractivity contribution is 5.99. The quantitative estimate of drug-likeness (QED) is 0.510. The molecule has 1 aromatic rings. The maximum Gasteiger partial charge on any atom is 0.126 e. The van der Waals surface area contributed by atoms with Crippen molar-refractivity contribution in [1.29, 1.82) is 0 Å². The fourth-order valence-corrected chi connectivity index (χ4v) is 1.92. The van der Waals surface area contributed by atoms with Crippen molar-refractivity contribution in [3.05, 3.63) is 48.2 Å². The van der Waals surface area contributed by atoms with Crippen LogP contribution in [0.3, 0.4) is 0 Å². The molecule has 5 heteroatoms. The van der Waals surface area contributed by atoms with Crippen LogP contribution in [0.5, 0.6) is 0 Å². The molecule has 5 nitrogen and oxygen atoms in total. The van der Waals surface area contributed by atoms with Gasteiger partial charge in [0.15, 0.2) is 0 Å². The number of nitrogens with zero attached hydrogens (tertiary/aromatic N) is 1. The van der Waals surface area contributed by atoms with E-state index in [0.29, 0.717) is 18.1 Å². The van der Waals surface area contributed by atoms with E-state index < -0.39 is 0 Å². The number of benzene rings is 1. The number of rotatable bonds is 8. The smallest absolute Gasteiger partial charge is 0.126 e. The largest absolute Gasteiger partial charge is 0.400 e. The van der Waals surface area contributed by atoms with Crippen molar-refractivity contribution in [2.24, 2.45) is 10.7 Å². The van der Waals surface area contributed by atoms with Gasteiger partial charge in [-0.15, -0.1) is 0 Å². The van der Waals surface area contributed by atoms with E-state index in [1.807, 2.05) is 24.3 Å². The van der Waals surface area contributed by atoms with Gasteiger partial charge in [-0.3, -0.25) is 4.99 Å². The molecule has 0 amide bonds. The van der Waals surface area contributed by atoms with Gasteiger partial charge in [-0.2, -0.15) is 0 Å². The van der Waals surface area contributed by atoms with Crippen molar-refractivity contribution < 1.29 is 4.74 Å². The van der Waals surface area contributed by atoms with Crippen LogP contribution in [0.15, 0.2) is 47.6 Å². The Kier molecular flexibility index (Phi) is 7.78. The maximum atomic E-state index is 5.84. The predicted molar refractivity (Wildman–Crippen MR) is 94.9 cm³/mol. The van der Waals surface area contributed by atoms with Gasteiger partial charge in [0.1, 0.15) is 5.84 Å². The molecule has 0 radical (unpaired) electrons. The summed E-state index contributed by atoms with van der Waals surface area (Å²) in [6, 6.07) is 8.04. The van der Waals surface area contributed by atoms with Gasteiger partial charge in [0.2, 0.25) is 0 Å². The molecule has 0 aromatic heterocycles. The van der Waals surface area contributed by atoms with Crippen molar-refractivity contribution in [1.82, 2.24) is 5.32 Å². The Morgan fingerprint density at radius 3 is 2.77 bits per heavy atom. The Hall–Kier alpha value is -2.27. The number of amidine groups is 1. The maximum absolute atomic E-state index is 5.84. The monoisotopic (exact) mass is 302 g/mol. The summed E-state index contributed by atoms with van der Waals surface area (Å²) in [7, 11) is 3.30. The zero-order valence-corrected chi connectivity index (χ0v) is 13.6. The highest BCUT2D eigenvalue weighted by atomic mass is 16.5. The minimum absolute atomic E-state index is 0.363. The normalized spacial score (nSPS) is 12.1. The SMILES string of the molecule is C=C(NC(/C=C(\N)COC)=NC)c1ccccc1NCCC. The van der Waals surface area contributed by atoms with Gasteiger partial charge in [-0.1, -0.05) is 31.7 Å². The molecule has 4 N–H and O–H groups in total. The number of nitrogens with two attached hydrogens (primary N) is 1. The molecule has 0 atom stereocenters. The fourth-order valence-electron chi connectivity index (χ4n) is 1.92. The number of hydrogen-bond donors (Lipinski definition) is 3. The van der Waals surface area contributed by atoms with E-state index in [2.05, 4.69) is 29.1 Å². The topological polar surface area (TPSA) is 71.7 Å². The average molecular weight is 302 g/mol.